The van der Waals surface area contributed by atoms with E-state index in [4.69, 9.17) is 26.1 Å². The second-order valence-corrected chi connectivity index (χ2v) is 9.22. The molecule has 1 aromatic carbocycles. The van der Waals surface area contributed by atoms with Gasteiger partial charge in [-0.3, -0.25) is 14.3 Å². The Hall–Kier alpha value is -3.69. The van der Waals surface area contributed by atoms with E-state index in [1.54, 1.807) is 37.5 Å². The molecule has 0 spiro atoms. The second kappa shape index (κ2) is 10.4. The molecule has 37 heavy (non-hydrogen) atoms. The van der Waals surface area contributed by atoms with Crippen LogP contribution < -0.4 is 10.3 Å². The fourth-order valence-electron chi connectivity index (χ4n) is 4.23. The summed E-state index contributed by atoms with van der Waals surface area (Å²) < 4.78 is 39.7. The third kappa shape index (κ3) is 5.10. The largest absolute Gasteiger partial charge is 0.487 e. The van der Waals surface area contributed by atoms with E-state index in [2.05, 4.69) is 9.97 Å². The minimum absolute atomic E-state index is 0.107. The van der Waals surface area contributed by atoms with Gasteiger partial charge in [0.1, 0.15) is 34.8 Å². The van der Waals surface area contributed by atoms with Gasteiger partial charge in [-0.25, -0.2) is 18.7 Å². The smallest absolute Gasteiger partial charge is 0.277 e. The highest BCUT2D eigenvalue weighted by Gasteiger charge is 2.22. The third-order valence-corrected chi connectivity index (χ3v) is 6.59. The van der Waals surface area contributed by atoms with Gasteiger partial charge in [0, 0.05) is 48.3 Å². The number of hydrogen-bond acceptors (Lipinski definition) is 6. The summed E-state index contributed by atoms with van der Waals surface area (Å²) in [5.41, 5.74) is 2.76. The van der Waals surface area contributed by atoms with Crippen LogP contribution in [0.5, 0.6) is 5.75 Å². The fourth-order valence-corrected chi connectivity index (χ4v) is 4.42. The molecule has 1 atom stereocenters. The van der Waals surface area contributed by atoms with Crippen LogP contribution in [0.2, 0.25) is 5.02 Å². The Morgan fingerprint density at radius 1 is 1.14 bits per heavy atom. The first-order valence-corrected chi connectivity index (χ1v) is 12.1. The molecule has 1 saturated heterocycles. The molecule has 5 rings (SSSR count). The molecule has 0 bridgehead atoms. The number of hydrogen-bond donors (Lipinski definition) is 0. The first-order valence-electron chi connectivity index (χ1n) is 11.7. The maximum Gasteiger partial charge on any atom is 0.277 e. The standard InChI is InChI=1S/C27H23ClF2N4O3/c1-15-12-32-22(21-5-7-31-26(33-21)18-6-8-36-13-18)11-23(15)34-16(2)9-24(25(28)27(34)35)37-14-17-3-4-19(29)10-20(17)30/h3-5,7,9-12,18H,6,8,13-14H2,1-2H3. The van der Waals surface area contributed by atoms with Crippen LogP contribution in [0.15, 0.2) is 53.6 Å². The summed E-state index contributed by atoms with van der Waals surface area (Å²) in [6, 6.07) is 8.36. The first kappa shape index (κ1) is 25.0. The lowest BCUT2D eigenvalue weighted by molar-refractivity contribution is 0.193. The van der Waals surface area contributed by atoms with Crippen LogP contribution in [0.4, 0.5) is 8.78 Å². The van der Waals surface area contributed by atoms with Crippen LogP contribution in [-0.4, -0.2) is 32.7 Å². The molecular weight excluding hydrogens is 502 g/mol. The van der Waals surface area contributed by atoms with Gasteiger partial charge in [-0.05, 0) is 50.1 Å². The van der Waals surface area contributed by atoms with Crippen molar-refractivity contribution < 1.29 is 18.3 Å². The third-order valence-electron chi connectivity index (χ3n) is 6.25. The SMILES string of the molecule is Cc1cnc(-c2ccnc(C3CCOC3)n2)cc1-n1c(C)cc(OCc2ccc(F)cc2F)c(Cl)c1=O. The van der Waals surface area contributed by atoms with Gasteiger partial charge < -0.3 is 9.47 Å². The average Bonchev–Trinajstić information content (AvgIpc) is 3.43. The topological polar surface area (TPSA) is 79.1 Å². The van der Waals surface area contributed by atoms with E-state index in [1.165, 1.54) is 10.6 Å². The van der Waals surface area contributed by atoms with E-state index in [0.717, 1.165) is 24.1 Å². The minimum Gasteiger partial charge on any atom is -0.487 e. The maximum atomic E-state index is 14.0. The van der Waals surface area contributed by atoms with Crippen molar-refractivity contribution >= 4 is 11.6 Å². The molecule has 0 saturated carbocycles. The van der Waals surface area contributed by atoms with E-state index in [1.807, 2.05) is 6.92 Å². The number of rotatable bonds is 6. The molecule has 1 fully saturated rings. The Morgan fingerprint density at radius 2 is 1.97 bits per heavy atom. The number of aryl methyl sites for hydroxylation is 2. The zero-order valence-electron chi connectivity index (χ0n) is 20.2. The molecule has 190 valence electrons. The molecule has 1 aliphatic heterocycles. The Labute approximate surface area is 216 Å². The molecule has 3 aromatic heterocycles. The quantitative estimate of drug-likeness (QED) is 0.339. The van der Waals surface area contributed by atoms with E-state index in [9.17, 15) is 13.6 Å². The summed E-state index contributed by atoms with van der Waals surface area (Å²) in [4.78, 5) is 26.9. The number of nitrogens with zero attached hydrogens (tertiary/aromatic N) is 4. The van der Waals surface area contributed by atoms with Crippen LogP contribution >= 0.6 is 11.6 Å². The highest BCUT2D eigenvalue weighted by Crippen LogP contribution is 2.28. The summed E-state index contributed by atoms with van der Waals surface area (Å²) in [5.74, 6) is -0.473. The van der Waals surface area contributed by atoms with Crippen molar-refractivity contribution in [3.05, 3.63) is 98.4 Å². The predicted molar refractivity (Wildman–Crippen MR) is 134 cm³/mol. The molecule has 4 heterocycles. The van der Waals surface area contributed by atoms with E-state index < -0.39 is 17.2 Å². The summed E-state index contributed by atoms with van der Waals surface area (Å²) in [5, 5.41) is -0.156. The van der Waals surface area contributed by atoms with Crippen molar-refractivity contribution in [3.8, 4) is 22.8 Å². The normalized spacial score (nSPS) is 15.2. The summed E-state index contributed by atoms with van der Waals surface area (Å²) in [6.07, 6.45) is 4.24. The van der Waals surface area contributed by atoms with Gasteiger partial charge in [0.25, 0.3) is 5.56 Å². The van der Waals surface area contributed by atoms with E-state index in [0.29, 0.717) is 41.8 Å². The minimum atomic E-state index is -0.741. The molecule has 7 nitrogen and oxygen atoms in total. The van der Waals surface area contributed by atoms with E-state index in [-0.39, 0.29) is 28.9 Å². The Bertz CT molecular complexity index is 1540. The van der Waals surface area contributed by atoms with Gasteiger partial charge in [0.15, 0.2) is 0 Å². The Morgan fingerprint density at radius 3 is 2.73 bits per heavy atom. The average molecular weight is 525 g/mol. The zero-order chi connectivity index (χ0) is 26.1. The van der Waals surface area contributed by atoms with Crippen LogP contribution in [0.1, 0.15) is 35.0 Å². The Balaban J connectivity index is 1.48. The highest BCUT2D eigenvalue weighted by molar-refractivity contribution is 6.31. The lowest BCUT2D eigenvalue weighted by Crippen LogP contribution is -2.23. The van der Waals surface area contributed by atoms with Crippen LogP contribution in [0.25, 0.3) is 17.1 Å². The van der Waals surface area contributed by atoms with Crippen molar-refractivity contribution in [3.63, 3.8) is 0 Å². The van der Waals surface area contributed by atoms with Crippen molar-refractivity contribution in [1.82, 2.24) is 19.5 Å². The summed E-state index contributed by atoms with van der Waals surface area (Å²) in [6.45, 7) is 4.65. The van der Waals surface area contributed by atoms with E-state index >= 15 is 0 Å². The maximum absolute atomic E-state index is 14.0. The molecule has 0 aliphatic carbocycles. The molecule has 10 heteroatoms. The second-order valence-electron chi connectivity index (χ2n) is 8.85. The number of aromatic nitrogens is 4. The lowest BCUT2D eigenvalue weighted by Gasteiger charge is -2.17. The van der Waals surface area contributed by atoms with Crippen LogP contribution in [-0.2, 0) is 11.3 Å². The molecule has 4 aromatic rings. The fraction of sp³-hybridized carbons (Fsp3) is 0.259. The summed E-state index contributed by atoms with van der Waals surface area (Å²) >= 11 is 6.39. The summed E-state index contributed by atoms with van der Waals surface area (Å²) in [7, 11) is 0. The molecule has 0 radical (unpaired) electrons. The van der Waals surface area contributed by atoms with Crippen molar-refractivity contribution in [2.24, 2.45) is 0 Å². The van der Waals surface area contributed by atoms with Crippen molar-refractivity contribution in [2.75, 3.05) is 13.2 Å². The molecule has 1 aliphatic rings. The number of pyridine rings is 2. The van der Waals surface area contributed by atoms with Gasteiger partial charge >= 0.3 is 0 Å². The van der Waals surface area contributed by atoms with Gasteiger partial charge in [0.05, 0.1) is 23.7 Å². The molecule has 0 amide bonds. The van der Waals surface area contributed by atoms with Gasteiger partial charge in [-0.2, -0.15) is 0 Å². The van der Waals surface area contributed by atoms with Gasteiger partial charge in [-0.1, -0.05) is 11.6 Å². The number of benzene rings is 1. The first-order chi connectivity index (χ1) is 17.8. The Kier molecular flexibility index (Phi) is 6.99. The monoisotopic (exact) mass is 524 g/mol. The molecule has 1 unspecified atom stereocenters. The van der Waals surface area contributed by atoms with Gasteiger partial charge in [0.2, 0.25) is 0 Å². The predicted octanol–water partition coefficient (Wildman–Crippen LogP) is 5.32. The van der Waals surface area contributed by atoms with Crippen LogP contribution in [0.3, 0.4) is 0 Å². The lowest BCUT2D eigenvalue weighted by atomic mass is 10.1. The van der Waals surface area contributed by atoms with Crippen LogP contribution in [0, 0.1) is 25.5 Å². The molecular formula is C27H23ClF2N4O3. The highest BCUT2D eigenvalue weighted by atomic mass is 35.5. The molecule has 0 N–H and O–H groups in total. The zero-order valence-corrected chi connectivity index (χ0v) is 20.9. The van der Waals surface area contributed by atoms with Gasteiger partial charge in [-0.15, -0.1) is 0 Å². The number of halogens is 3. The van der Waals surface area contributed by atoms with Crippen molar-refractivity contribution in [2.45, 2.75) is 32.8 Å². The van der Waals surface area contributed by atoms with Crippen molar-refractivity contribution in [1.29, 1.82) is 0 Å². The number of ether oxygens (including phenoxy) is 2.